The molecule has 0 fully saturated rings. The number of nitrogens with zero attached hydrogens (tertiary/aromatic N) is 2. The number of rotatable bonds is 5. The summed E-state index contributed by atoms with van der Waals surface area (Å²) in [5, 5.41) is 12.3. The van der Waals surface area contributed by atoms with Gasteiger partial charge in [-0.15, -0.1) is 11.3 Å². The van der Waals surface area contributed by atoms with E-state index in [1.807, 2.05) is 0 Å². The highest BCUT2D eigenvalue weighted by molar-refractivity contribution is 7.91. The van der Waals surface area contributed by atoms with E-state index >= 15 is 0 Å². The summed E-state index contributed by atoms with van der Waals surface area (Å²) in [5.74, 6) is -0.630. The van der Waals surface area contributed by atoms with Gasteiger partial charge in [-0.2, -0.15) is 4.98 Å². The molecule has 0 aliphatic heterocycles. The number of aromatic carboxylic acids is 1. The first-order valence-corrected chi connectivity index (χ1v) is 7.30. The third-order valence-electron chi connectivity index (χ3n) is 2.05. The molecule has 0 bridgehead atoms. The van der Waals surface area contributed by atoms with Gasteiger partial charge in [-0.1, -0.05) is 5.16 Å². The molecule has 8 nitrogen and oxygen atoms in total. The molecule has 0 spiro atoms. The number of aromatic nitrogens is 2. The van der Waals surface area contributed by atoms with Gasteiger partial charge in [0, 0.05) is 6.92 Å². The average Bonchev–Trinajstić information content (AvgIpc) is 2.95. The van der Waals surface area contributed by atoms with Crippen molar-refractivity contribution in [2.45, 2.75) is 17.7 Å². The van der Waals surface area contributed by atoms with E-state index in [1.165, 1.54) is 12.1 Å². The number of carbonyl (C=O) groups is 1. The largest absolute Gasteiger partial charge is 0.477 e. The minimum Gasteiger partial charge on any atom is -0.477 e. The monoisotopic (exact) mass is 303 g/mol. The maximum Gasteiger partial charge on any atom is 0.345 e. The number of carboxylic acids is 1. The lowest BCUT2D eigenvalue weighted by Crippen LogP contribution is -2.23. The number of aryl methyl sites for hydroxylation is 1. The van der Waals surface area contributed by atoms with Crippen molar-refractivity contribution in [2.24, 2.45) is 0 Å². The van der Waals surface area contributed by atoms with Gasteiger partial charge < -0.3 is 9.63 Å². The number of hydrogen-bond acceptors (Lipinski definition) is 7. The van der Waals surface area contributed by atoms with Crippen molar-refractivity contribution in [3.8, 4) is 0 Å². The molecule has 10 heteroatoms. The number of sulfonamides is 1. The molecule has 0 saturated heterocycles. The summed E-state index contributed by atoms with van der Waals surface area (Å²) in [5.41, 5.74) is 0. The zero-order valence-electron chi connectivity index (χ0n) is 9.65. The van der Waals surface area contributed by atoms with Gasteiger partial charge in [0.05, 0.1) is 6.54 Å². The highest BCUT2D eigenvalue weighted by Gasteiger charge is 2.19. The summed E-state index contributed by atoms with van der Waals surface area (Å²) in [6.07, 6.45) is 0. The molecule has 0 atom stereocenters. The smallest absolute Gasteiger partial charge is 0.345 e. The van der Waals surface area contributed by atoms with Gasteiger partial charge >= 0.3 is 5.97 Å². The Labute approximate surface area is 112 Å². The van der Waals surface area contributed by atoms with Crippen LogP contribution in [0.4, 0.5) is 0 Å². The molecular weight excluding hydrogens is 294 g/mol. The molecule has 0 aliphatic rings. The number of thiophene rings is 1. The fourth-order valence-corrected chi connectivity index (χ4v) is 3.39. The number of hydrogen-bond donors (Lipinski definition) is 2. The van der Waals surface area contributed by atoms with Crippen LogP contribution in [0.1, 0.15) is 21.4 Å². The zero-order chi connectivity index (χ0) is 14.0. The number of carboxylic acid groups (broad SMARTS) is 1. The van der Waals surface area contributed by atoms with Gasteiger partial charge in [-0.25, -0.2) is 17.9 Å². The topological polar surface area (TPSA) is 122 Å². The van der Waals surface area contributed by atoms with Gasteiger partial charge in [0.25, 0.3) is 0 Å². The minimum atomic E-state index is -3.78. The lowest BCUT2D eigenvalue weighted by Gasteiger charge is -2.00. The van der Waals surface area contributed by atoms with Crippen molar-refractivity contribution in [3.63, 3.8) is 0 Å². The molecule has 2 aromatic heterocycles. The lowest BCUT2D eigenvalue weighted by molar-refractivity contribution is 0.0702. The van der Waals surface area contributed by atoms with Gasteiger partial charge in [0.1, 0.15) is 9.09 Å². The van der Waals surface area contributed by atoms with Crippen molar-refractivity contribution < 1.29 is 22.8 Å². The van der Waals surface area contributed by atoms with Crippen LogP contribution in [0, 0.1) is 6.92 Å². The Morgan fingerprint density at radius 2 is 2.26 bits per heavy atom. The number of nitrogens with one attached hydrogen (secondary N) is 1. The van der Waals surface area contributed by atoms with Crippen LogP contribution in [0.15, 0.2) is 20.9 Å². The summed E-state index contributed by atoms with van der Waals surface area (Å²) in [4.78, 5) is 14.5. The maximum atomic E-state index is 11.9. The van der Waals surface area contributed by atoms with E-state index in [1.54, 1.807) is 6.92 Å². The summed E-state index contributed by atoms with van der Waals surface area (Å²) in [7, 11) is -3.78. The van der Waals surface area contributed by atoms with Gasteiger partial charge in [0.15, 0.2) is 5.82 Å². The molecule has 2 heterocycles. The molecule has 102 valence electrons. The predicted molar refractivity (Wildman–Crippen MR) is 64.3 cm³/mol. The first-order chi connectivity index (χ1) is 8.88. The molecule has 0 radical (unpaired) electrons. The van der Waals surface area contributed by atoms with Crippen LogP contribution < -0.4 is 4.72 Å². The Hall–Kier alpha value is -1.78. The molecule has 0 aliphatic carbocycles. The van der Waals surface area contributed by atoms with E-state index in [0.717, 1.165) is 0 Å². The van der Waals surface area contributed by atoms with Gasteiger partial charge in [0.2, 0.25) is 15.9 Å². The van der Waals surface area contributed by atoms with Crippen LogP contribution in [0.3, 0.4) is 0 Å². The van der Waals surface area contributed by atoms with Crippen LogP contribution in [0.2, 0.25) is 0 Å². The second-order valence-electron chi connectivity index (χ2n) is 3.48. The normalized spacial score (nSPS) is 11.6. The summed E-state index contributed by atoms with van der Waals surface area (Å²) < 4.78 is 30.6. The zero-order valence-corrected chi connectivity index (χ0v) is 11.3. The lowest BCUT2D eigenvalue weighted by atomic mass is 10.5. The second kappa shape index (κ2) is 5.07. The SMILES string of the molecule is Cc1nc(CNS(=O)(=O)c2ccc(C(=O)O)s2)no1. The molecular formula is C9H9N3O5S2. The van der Waals surface area contributed by atoms with Crippen LogP contribution in [0.25, 0.3) is 0 Å². The van der Waals surface area contributed by atoms with Crippen LogP contribution in [0.5, 0.6) is 0 Å². The first kappa shape index (κ1) is 13.6. The van der Waals surface area contributed by atoms with E-state index in [4.69, 9.17) is 9.63 Å². The van der Waals surface area contributed by atoms with Crippen LogP contribution >= 0.6 is 11.3 Å². The summed E-state index contributed by atoms with van der Waals surface area (Å²) in [6, 6.07) is 2.47. The fourth-order valence-electron chi connectivity index (χ4n) is 1.22. The molecule has 0 saturated carbocycles. The standard InChI is InChI=1S/C9H9N3O5S2/c1-5-11-7(12-17-5)4-10-19(15,16)8-3-2-6(18-8)9(13)14/h2-3,10H,4H2,1H3,(H,13,14). The van der Waals surface area contributed by atoms with Crippen molar-refractivity contribution in [3.05, 3.63) is 28.7 Å². The first-order valence-electron chi connectivity index (χ1n) is 5.00. The highest BCUT2D eigenvalue weighted by atomic mass is 32.2. The van der Waals surface area contributed by atoms with Crippen molar-refractivity contribution in [1.29, 1.82) is 0 Å². The summed E-state index contributed by atoms with van der Waals surface area (Å²) in [6.45, 7) is 1.46. The van der Waals surface area contributed by atoms with E-state index < -0.39 is 16.0 Å². The van der Waals surface area contributed by atoms with E-state index in [2.05, 4.69) is 14.9 Å². The van der Waals surface area contributed by atoms with Crippen molar-refractivity contribution in [2.75, 3.05) is 0 Å². The molecule has 2 aromatic rings. The van der Waals surface area contributed by atoms with Gasteiger partial charge in [-0.05, 0) is 12.1 Å². The Morgan fingerprint density at radius 3 is 2.79 bits per heavy atom. The Morgan fingerprint density at radius 1 is 1.53 bits per heavy atom. The van der Waals surface area contributed by atoms with E-state index in [0.29, 0.717) is 17.2 Å². The molecule has 2 N–H and O–H groups in total. The quantitative estimate of drug-likeness (QED) is 0.829. The highest BCUT2D eigenvalue weighted by Crippen LogP contribution is 2.21. The molecule has 0 amide bonds. The van der Waals surface area contributed by atoms with Gasteiger partial charge in [-0.3, -0.25) is 0 Å². The average molecular weight is 303 g/mol. The molecule has 19 heavy (non-hydrogen) atoms. The minimum absolute atomic E-state index is 0.0456. The predicted octanol–water partition coefficient (Wildman–Crippen LogP) is 0.616. The fraction of sp³-hybridized carbons (Fsp3) is 0.222. The van der Waals surface area contributed by atoms with E-state index in [-0.39, 0.29) is 21.5 Å². The van der Waals surface area contributed by atoms with E-state index in [9.17, 15) is 13.2 Å². The molecule has 0 unspecified atom stereocenters. The van der Waals surface area contributed by atoms with Crippen LogP contribution in [-0.2, 0) is 16.6 Å². The Kier molecular flexibility index (Phi) is 3.64. The third-order valence-corrected chi connectivity index (χ3v) is 5.01. The summed E-state index contributed by atoms with van der Waals surface area (Å²) >= 11 is 0.674. The Bertz CT molecular complexity index is 703. The molecule has 0 aromatic carbocycles. The van der Waals surface area contributed by atoms with Crippen molar-refractivity contribution >= 4 is 27.3 Å². The second-order valence-corrected chi connectivity index (χ2v) is 6.56. The Balaban J connectivity index is 2.11. The van der Waals surface area contributed by atoms with Crippen molar-refractivity contribution in [1.82, 2.24) is 14.9 Å². The maximum absolute atomic E-state index is 11.9. The molecule has 2 rings (SSSR count). The van der Waals surface area contributed by atoms with Crippen LogP contribution in [-0.4, -0.2) is 29.6 Å². The third kappa shape index (κ3) is 3.16.